The Hall–Kier alpha value is -1.52. The van der Waals surface area contributed by atoms with E-state index in [1.165, 1.54) is 0 Å². The first-order valence-corrected chi connectivity index (χ1v) is 6.81. The second-order valence-corrected chi connectivity index (χ2v) is 5.33. The molecule has 1 atom stereocenters. The highest BCUT2D eigenvalue weighted by Crippen LogP contribution is 2.26. The Morgan fingerprint density at radius 1 is 1.21 bits per heavy atom. The summed E-state index contributed by atoms with van der Waals surface area (Å²) in [6.45, 7) is 0. The number of amides is 1. The number of rotatable bonds is 4. The van der Waals surface area contributed by atoms with Crippen LogP contribution in [-0.4, -0.2) is 5.91 Å². The van der Waals surface area contributed by atoms with Gasteiger partial charge in [0.1, 0.15) is 6.04 Å². The van der Waals surface area contributed by atoms with Crippen LogP contribution in [0.5, 0.6) is 0 Å². The average Bonchev–Trinajstić information content (AvgIpc) is 2.37. The molecule has 0 aliphatic carbocycles. The van der Waals surface area contributed by atoms with Gasteiger partial charge in [0.05, 0.1) is 0 Å². The number of halogens is 2. The number of anilines is 1. The van der Waals surface area contributed by atoms with Gasteiger partial charge in [-0.1, -0.05) is 51.8 Å². The Kier molecular flexibility index (Phi) is 4.45. The molecule has 0 heterocycles. The van der Waals surface area contributed by atoms with E-state index in [4.69, 9.17) is 17.3 Å². The van der Waals surface area contributed by atoms with E-state index >= 15 is 0 Å². The zero-order valence-corrected chi connectivity index (χ0v) is 12.3. The highest BCUT2D eigenvalue weighted by molar-refractivity contribution is 9.10. The lowest BCUT2D eigenvalue weighted by Crippen LogP contribution is -2.27. The summed E-state index contributed by atoms with van der Waals surface area (Å²) in [6, 6.07) is 14.0. The first-order chi connectivity index (χ1) is 9.08. The first kappa shape index (κ1) is 13.9. The van der Waals surface area contributed by atoms with Gasteiger partial charge in [-0.25, -0.2) is 0 Å². The van der Waals surface area contributed by atoms with Crippen LogP contribution in [0.25, 0.3) is 0 Å². The normalized spacial score (nSPS) is 11.9. The van der Waals surface area contributed by atoms with E-state index in [1.54, 1.807) is 12.1 Å². The third-order valence-electron chi connectivity index (χ3n) is 2.64. The van der Waals surface area contributed by atoms with Crippen LogP contribution >= 0.6 is 27.5 Å². The number of hydrogen-bond acceptors (Lipinski definition) is 2. The topological polar surface area (TPSA) is 55.1 Å². The largest absolute Gasteiger partial charge is 0.370 e. The second-order valence-electron chi connectivity index (χ2n) is 4.01. The number of carbonyl (C=O) groups excluding carboxylic acids is 1. The molecule has 1 unspecified atom stereocenters. The van der Waals surface area contributed by atoms with Gasteiger partial charge in [0.15, 0.2) is 0 Å². The fourth-order valence-corrected chi connectivity index (χ4v) is 2.40. The maximum atomic E-state index is 11.6. The van der Waals surface area contributed by atoms with Gasteiger partial charge in [-0.3, -0.25) is 4.79 Å². The molecule has 3 N–H and O–H groups in total. The van der Waals surface area contributed by atoms with E-state index in [-0.39, 0.29) is 0 Å². The van der Waals surface area contributed by atoms with Gasteiger partial charge in [0.2, 0.25) is 5.91 Å². The van der Waals surface area contributed by atoms with Crippen LogP contribution in [-0.2, 0) is 4.79 Å². The molecule has 5 heteroatoms. The predicted molar refractivity (Wildman–Crippen MR) is 81.2 cm³/mol. The Labute approximate surface area is 124 Å². The van der Waals surface area contributed by atoms with Crippen LogP contribution in [0.2, 0.25) is 5.02 Å². The Morgan fingerprint density at radius 2 is 1.95 bits per heavy atom. The van der Waals surface area contributed by atoms with Crippen LogP contribution in [0.1, 0.15) is 11.6 Å². The van der Waals surface area contributed by atoms with Crippen molar-refractivity contribution in [2.75, 3.05) is 5.32 Å². The lowest BCUT2D eigenvalue weighted by Gasteiger charge is -2.18. The summed E-state index contributed by atoms with van der Waals surface area (Å²) >= 11 is 9.48. The van der Waals surface area contributed by atoms with Crippen LogP contribution in [0.15, 0.2) is 53.0 Å². The summed E-state index contributed by atoms with van der Waals surface area (Å²) in [5.41, 5.74) is 6.91. The van der Waals surface area contributed by atoms with E-state index in [0.717, 1.165) is 10.2 Å². The van der Waals surface area contributed by atoms with Gasteiger partial charge in [-0.15, -0.1) is 0 Å². The number of primary amides is 1. The molecule has 1 amide bonds. The monoisotopic (exact) mass is 338 g/mol. The standard InChI is InChI=1S/C14H12BrClN2O/c15-9-4-3-5-10(8-9)18-13(14(17)19)11-6-1-2-7-12(11)16/h1-8,13,18H,(H2,17,19). The molecule has 0 aliphatic heterocycles. The molecular formula is C14H12BrClN2O. The minimum absolute atomic E-state index is 0.479. The average molecular weight is 340 g/mol. The lowest BCUT2D eigenvalue weighted by molar-refractivity contribution is -0.118. The van der Waals surface area contributed by atoms with Crippen molar-refractivity contribution in [2.24, 2.45) is 5.73 Å². The number of nitrogens with one attached hydrogen (secondary N) is 1. The smallest absolute Gasteiger partial charge is 0.244 e. The molecule has 0 radical (unpaired) electrons. The molecule has 0 fully saturated rings. The molecule has 0 bridgehead atoms. The van der Waals surface area contributed by atoms with Crippen molar-refractivity contribution in [3.05, 3.63) is 63.6 Å². The molecule has 2 aromatic carbocycles. The zero-order valence-electron chi connectivity index (χ0n) is 9.94. The van der Waals surface area contributed by atoms with Gasteiger partial charge in [0.25, 0.3) is 0 Å². The van der Waals surface area contributed by atoms with Crippen LogP contribution in [0.3, 0.4) is 0 Å². The van der Waals surface area contributed by atoms with Gasteiger partial charge in [-0.05, 0) is 24.3 Å². The van der Waals surface area contributed by atoms with Gasteiger partial charge in [-0.2, -0.15) is 0 Å². The van der Waals surface area contributed by atoms with E-state index in [1.807, 2.05) is 36.4 Å². The summed E-state index contributed by atoms with van der Waals surface area (Å²) in [4.78, 5) is 11.6. The fourth-order valence-electron chi connectivity index (χ4n) is 1.76. The molecule has 0 aromatic heterocycles. The van der Waals surface area contributed by atoms with Gasteiger partial charge >= 0.3 is 0 Å². The molecule has 19 heavy (non-hydrogen) atoms. The Morgan fingerprint density at radius 3 is 2.58 bits per heavy atom. The molecule has 98 valence electrons. The van der Waals surface area contributed by atoms with Crippen LogP contribution in [0.4, 0.5) is 5.69 Å². The van der Waals surface area contributed by atoms with Crippen molar-refractivity contribution in [1.82, 2.24) is 0 Å². The van der Waals surface area contributed by atoms with Gasteiger partial charge < -0.3 is 11.1 Å². The van der Waals surface area contributed by atoms with Crippen molar-refractivity contribution < 1.29 is 4.79 Å². The molecule has 0 saturated carbocycles. The molecule has 2 aromatic rings. The van der Waals surface area contributed by atoms with Crippen molar-refractivity contribution in [2.45, 2.75) is 6.04 Å². The molecule has 0 aliphatic rings. The van der Waals surface area contributed by atoms with E-state index in [2.05, 4.69) is 21.2 Å². The molecular weight excluding hydrogens is 328 g/mol. The Balaban J connectivity index is 2.32. The minimum atomic E-state index is -0.664. The Bertz CT molecular complexity index is 604. The second kappa shape index (κ2) is 6.08. The summed E-state index contributed by atoms with van der Waals surface area (Å²) in [5.74, 6) is -0.479. The van der Waals surface area contributed by atoms with Crippen molar-refractivity contribution in [1.29, 1.82) is 0 Å². The zero-order chi connectivity index (χ0) is 13.8. The quantitative estimate of drug-likeness (QED) is 0.891. The summed E-state index contributed by atoms with van der Waals surface area (Å²) < 4.78 is 0.917. The fraction of sp³-hybridized carbons (Fsp3) is 0.0714. The SMILES string of the molecule is NC(=O)C(Nc1cccc(Br)c1)c1ccccc1Cl. The van der Waals surface area contributed by atoms with Crippen LogP contribution < -0.4 is 11.1 Å². The third-order valence-corrected chi connectivity index (χ3v) is 3.47. The van der Waals surface area contributed by atoms with Crippen LogP contribution in [0, 0.1) is 0 Å². The van der Waals surface area contributed by atoms with E-state index < -0.39 is 11.9 Å². The maximum Gasteiger partial charge on any atom is 0.244 e. The van der Waals surface area contributed by atoms with Crippen molar-refractivity contribution in [3.63, 3.8) is 0 Å². The highest BCUT2D eigenvalue weighted by Gasteiger charge is 2.19. The molecule has 2 rings (SSSR count). The minimum Gasteiger partial charge on any atom is -0.370 e. The highest BCUT2D eigenvalue weighted by atomic mass is 79.9. The number of hydrogen-bond donors (Lipinski definition) is 2. The van der Waals surface area contributed by atoms with E-state index in [0.29, 0.717) is 10.6 Å². The van der Waals surface area contributed by atoms with Gasteiger partial charge in [0, 0.05) is 20.7 Å². The summed E-state index contributed by atoms with van der Waals surface area (Å²) in [5, 5.41) is 3.60. The maximum absolute atomic E-state index is 11.6. The summed E-state index contributed by atoms with van der Waals surface area (Å²) in [6.07, 6.45) is 0. The predicted octanol–water partition coefficient (Wildman–Crippen LogP) is 3.74. The molecule has 3 nitrogen and oxygen atoms in total. The number of carbonyl (C=O) groups is 1. The van der Waals surface area contributed by atoms with Crippen molar-refractivity contribution >= 4 is 39.1 Å². The third kappa shape index (κ3) is 3.49. The molecule has 0 saturated heterocycles. The first-order valence-electron chi connectivity index (χ1n) is 5.64. The van der Waals surface area contributed by atoms with E-state index in [9.17, 15) is 4.79 Å². The number of nitrogens with two attached hydrogens (primary N) is 1. The number of benzene rings is 2. The lowest BCUT2D eigenvalue weighted by atomic mass is 10.1. The molecule has 0 spiro atoms. The van der Waals surface area contributed by atoms with Crippen molar-refractivity contribution in [3.8, 4) is 0 Å². The summed E-state index contributed by atoms with van der Waals surface area (Å²) in [7, 11) is 0.